The molecule has 4 amide bonds. The van der Waals surface area contributed by atoms with Gasteiger partial charge >= 0.3 is 0 Å². The highest BCUT2D eigenvalue weighted by Crippen LogP contribution is 2.13. The Morgan fingerprint density at radius 3 is 2.57 bits per heavy atom. The van der Waals surface area contributed by atoms with Gasteiger partial charge in [0.05, 0.1) is 12.5 Å². The minimum Gasteiger partial charge on any atom is -0.342 e. The highest BCUT2D eigenvalue weighted by atomic mass is 16.5. The van der Waals surface area contributed by atoms with E-state index in [-0.39, 0.29) is 12.3 Å². The van der Waals surface area contributed by atoms with Gasteiger partial charge in [-0.05, 0) is 12.3 Å². The van der Waals surface area contributed by atoms with Crippen molar-refractivity contribution in [1.29, 1.82) is 0 Å². The van der Waals surface area contributed by atoms with Crippen LogP contribution in [0, 0.1) is 5.92 Å². The molecule has 0 aromatic rings. The van der Waals surface area contributed by atoms with Gasteiger partial charge in [-0.1, -0.05) is 13.8 Å². The number of carbonyl (C=O) groups excluding carboxylic acids is 4. The molecule has 5 N–H and O–H groups in total. The number of nitrogens with one attached hydrogen (secondary N) is 2. The first-order chi connectivity index (χ1) is 9.76. The number of nitrogens with zero attached hydrogens (tertiary/aromatic N) is 1. The molecule has 0 aliphatic carbocycles. The summed E-state index contributed by atoms with van der Waals surface area (Å²) in [7, 11) is 0. The molecule has 0 bridgehead atoms. The first-order valence-corrected chi connectivity index (χ1v) is 6.59. The van der Waals surface area contributed by atoms with Gasteiger partial charge in [-0.3, -0.25) is 29.3 Å². The highest BCUT2D eigenvalue weighted by molar-refractivity contribution is 6.08. The van der Waals surface area contributed by atoms with Crippen LogP contribution < -0.4 is 16.5 Å². The first kappa shape index (κ1) is 17.1. The Bertz CT molecular complexity index is 451. The molecule has 0 unspecified atom stereocenters. The van der Waals surface area contributed by atoms with E-state index in [0.717, 1.165) is 0 Å². The van der Waals surface area contributed by atoms with Crippen LogP contribution in [0.3, 0.4) is 0 Å². The Morgan fingerprint density at radius 2 is 2.05 bits per heavy atom. The summed E-state index contributed by atoms with van der Waals surface area (Å²) in [6, 6.07) is -1.78. The van der Waals surface area contributed by atoms with E-state index in [1.165, 1.54) is 5.48 Å². The van der Waals surface area contributed by atoms with Gasteiger partial charge in [0, 0.05) is 0 Å². The number of imide groups is 1. The summed E-state index contributed by atoms with van der Waals surface area (Å²) in [4.78, 5) is 47.1. The van der Waals surface area contributed by atoms with Gasteiger partial charge in [-0.2, -0.15) is 0 Å². The van der Waals surface area contributed by atoms with Crippen LogP contribution in [0.5, 0.6) is 0 Å². The predicted molar refractivity (Wildman–Crippen MR) is 70.6 cm³/mol. The van der Waals surface area contributed by atoms with Gasteiger partial charge in [-0.15, -0.1) is 0 Å². The fraction of sp³-hybridized carbons (Fsp3) is 0.667. The van der Waals surface area contributed by atoms with Crippen molar-refractivity contribution in [2.45, 2.75) is 38.8 Å². The monoisotopic (exact) mass is 300 g/mol. The first-order valence-electron chi connectivity index (χ1n) is 6.59. The molecule has 1 aliphatic rings. The standard InChI is InChI=1S/C12H20N4O5/c1-6(2)3-7(13)11(19)14-8-4-10(18)16(12(8)20)5-9(17)15-21/h6-8,21H,3-5,13H2,1-2H3,(H,14,19)(H,15,17)/t7-,8-/m0/s1. The maximum absolute atomic E-state index is 11.9. The number of hydrogen-bond acceptors (Lipinski definition) is 6. The maximum Gasteiger partial charge on any atom is 0.263 e. The normalized spacial score (nSPS) is 19.9. The second-order valence-corrected chi connectivity index (χ2v) is 5.35. The highest BCUT2D eigenvalue weighted by Gasteiger charge is 2.40. The van der Waals surface area contributed by atoms with Gasteiger partial charge in [0.2, 0.25) is 11.8 Å². The van der Waals surface area contributed by atoms with Crippen LogP contribution in [-0.4, -0.2) is 52.4 Å². The zero-order chi connectivity index (χ0) is 16.2. The smallest absolute Gasteiger partial charge is 0.263 e. The van der Waals surface area contributed by atoms with Crippen LogP contribution in [0.4, 0.5) is 0 Å². The Kier molecular flexibility index (Phi) is 5.79. The summed E-state index contributed by atoms with van der Waals surface area (Å²) < 4.78 is 0. The van der Waals surface area contributed by atoms with Gasteiger partial charge in [0.25, 0.3) is 11.8 Å². The lowest BCUT2D eigenvalue weighted by molar-refractivity contribution is -0.145. The van der Waals surface area contributed by atoms with E-state index in [0.29, 0.717) is 11.3 Å². The Labute approximate surface area is 121 Å². The Morgan fingerprint density at radius 1 is 1.43 bits per heavy atom. The zero-order valence-electron chi connectivity index (χ0n) is 12.0. The average molecular weight is 300 g/mol. The fourth-order valence-electron chi connectivity index (χ4n) is 2.03. The molecule has 2 atom stereocenters. The summed E-state index contributed by atoms with van der Waals surface area (Å²) in [6.07, 6.45) is 0.231. The molecule has 21 heavy (non-hydrogen) atoms. The minimum atomic E-state index is -1.02. The van der Waals surface area contributed by atoms with E-state index in [1.807, 2.05) is 13.8 Å². The summed E-state index contributed by atoms with van der Waals surface area (Å²) in [5.41, 5.74) is 7.03. The maximum atomic E-state index is 11.9. The second-order valence-electron chi connectivity index (χ2n) is 5.35. The number of rotatable bonds is 6. The molecule has 9 heteroatoms. The molecule has 1 rings (SSSR count). The topological polar surface area (TPSA) is 142 Å². The third kappa shape index (κ3) is 4.50. The van der Waals surface area contributed by atoms with Crippen molar-refractivity contribution >= 4 is 23.6 Å². The van der Waals surface area contributed by atoms with E-state index in [1.54, 1.807) is 0 Å². The molecule has 1 fully saturated rings. The quantitative estimate of drug-likeness (QED) is 0.257. The average Bonchev–Trinajstić information content (AvgIpc) is 2.65. The molecular weight excluding hydrogens is 280 g/mol. The lowest BCUT2D eigenvalue weighted by Crippen LogP contribution is -2.49. The van der Waals surface area contributed by atoms with Crippen molar-refractivity contribution in [3.8, 4) is 0 Å². The molecule has 0 aromatic carbocycles. The third-order valence-electron chi connectivity index (χ3n) is 3.05. The number of carbonyl (C=O) groups is 4. The minimum absolute atomic E-state index is 0.219. The molecule has 0 aromatic heterocycles. The fourth-order valence-corrected chi connectivity index (χ4v) is 2.03. The molecular formula is C12H20N4O5. The number of likely N-dealkylation sites (tertiary alicyclic amines) is 1. The lowest BCUT2D eigenvalue weighted by Gasteiger charge is -2.17. The number of hydrogen-bond donors (Lipinski definition) is 4. The van der Waals surface area contributed by atoms with Crippen molar-refractivity contribution in [2.24, 2.45) is 11.7 Å². The van der Waals surface area contributed by atoms with E-state index < -0.39 is 42.3 Å². The van der Waals surface area contributed by atoms with Crippen LogP contribution in [0.15, 0.2) is 0 Å². The Hall–Kier alpha value is -2.00. The van der Waals surface area contributed by atoms with Gasteiger partial charge < -0.3 is 11.1 Å². The molecule has 9 nitrogen and oxygen atoms in total. The van der Waals surface area contributed by atoms with Crippen molar-refractivity contribution in [2.75, 3.05) is 6.54 Å². The second kappa shape index (κ2) is 7.14. The Balaban J connectivity index is 2.62. The van der Waals surface area contributed by atoms with E-state index in [4.69, 9.17) is 10.9 Å². The summed E-state index contributed by atoms with van der Waals surface area (Å²) >= 11 is 0. The van der Waals surface area contributed by atoms with Crippen LogP contribution >= 0.6 is 0 Å². The molecule has 1 heterocycles. The van der Waals surface area contributed by atoms with Crippen molar-refractivity contribution in [3.05, 3.63) is 0 Å². The number of nitrogens with two attached hydrogens (primary N) is 1. The summed E-state index contributed by atoms with van der Waals surface area (Å²) in [5.74, 6) is -2.46. The van der Waals surface area contributed by atoms with Gasteiger partial charge in [0.15, 0.2) is 0 Å². The molecule has 118 valence electrons. The largest absolute Gasteiger partial charge is 0.342 e. The number of amides is 4. The molecule has 0 spiro atoms. The summed E-state index contributed by atoms with van der Waals surface area (Å²) in [5, 5.41) is 10.8. The molecule has 0 radical (unpaired) electrons. The number of hydroxylamine groups is 1. The van der Waals surface area contributed by atoms with Crippen molar-refractivity contribution < 1.29 is 24.4 Å². The van der Waals surface area contributed by atoms with Crippen molar-refractivity contribution in [1.82, 2.24) is 15.7 Å². The van der Waals surface area contributed by atoms with Crippen LogP contribution in [0.25, 0.3) is 0 Å². The molecule has 0 saturated carbocycles. The molecule has 1 saturated heterocycles. The van der Waals surface area contributed by atoms with Crippen molar-refractivity contribution in [3.63, 3.8) is 0 Å². The van der Waals surface area contributed by atoms with E-state index >= 15 is 0 Å². The third-order valence-corrected chi connectivity index (χ3v) is 3.05. The molecule has 1 aliphatic heterocycles. The van der Waals surface area contributed by atoms with Gasteiger partial charge in [-0.25, -0.2) is 5.48 Å². The van der Waals surface area contributed by atoms with Gasteiger partial charge in [0.1, 0.15) is 12.6 Å². The lowest BCUT2D eigenvalue weighted by atomic mass is 10.0. The predicted octanol–water partition coefficient (Wildman–Crippen LogP) is -1.89. The van der Waals surface area contributed by atoms with Crippen LogP contribution in [0.1, 0.15) is 26.7 Å². The van der Waals surface area contributed by atoms with Crippen LogP contribution in [0.2, 0.25) is 0 Å². The van der Waals surface area contributed by atoms with E-state index in [2.05, 4.69) is 5.32 Å². The zero-order valence-corrected chi connectivity index (χ0v) is 12.0. The van der Waals surface area contributed by atoms with Crippen LogP contribution in [-0.2, 0) is 19.2 Å². The SMILES string of the molecule is CC(C)C[C@H](N)C(=O)N[C@H]1CC(=O)N(CC(=O)NO)C1=O. The van der Waals surface area contributed by atoms with E-state index in [9.17, 15) is 19.2 Å². The summed E-state index contributed by atoms with van der Waals surface area (Å²) in [6.45, 7) is 3.23.